The van der Waals surface area contributed by atoms with Crippen LogP contribution in [0.2, 0.25) is 5.02 Å². The Kier molecular flexibility index (Phi) is 4.05. The minimum absolute atomic E-state index is 0.112. The fourth-order valence-corrected chi connectivity index (χ4v) is 1.47. The minimum atomic E-state index is -0.567. The zero-order valence-electron chi connectivity index (χ0n) is 7.57. The van der Waals surface area contributed by atoms with Crippen molar-refractivity contribution >= 4 is 34.7 Å². The van der Waals surface area contributed by atoms with E-state index < -0.39 is 4.92 Å². The molecular weight excluding hydrogens is 241 g/mol. The highest BCUT2D eigenvalue weighted by molar-refractivity contribution is 6.32. The van der Waals surface area contributed by atoms with Crippen molar-refractivity contribution in [1.29, 1.82) is 0 Å². The molecule has 0 N–H and O–H groups in total. The molecule has 6 heteroatoms. The molecule has 15 heavy (non-hydrogen) atoms. The maximum Gasteiger partial charge on any atom is 0.274 e. The molecule has 0 aliphatic heterocycles. The molecule has 0 saturated carbocycles. The summed E-state index contributed by atoms with van der Waals surface area (Å²) in [6, 6.07) is 4.28. The molecule has 0 amide bonds. The third kappa shape index (κ3) is 2.91. The van der Waals surface area contributed by atoms with Crippen LogP contribution in [0.5, 0.6) is 0 Å². The Hall–Kier alpha value is -1.13. The third-order valence-electron chi connectivity index (χ3n) is 1.81. The molecule has 1 aromatic rings. The van der Waals surface area contributed by atoms with Crippen molar-refractivity contribution in [3.63, 3.8) is 0 Å². The number of rotatable bonds is 4. The molecule has 1 aromatic carbocycles. The molecule has 0 fully saturated rings. The predicted octanol–water partition coefficient (Wildman–Crippen LogP) is 2.60. The Bertz CT molecular complexity index is 406. The number of halogens is 2. The molecule has 0 unspecified atom stereocenters. The van der Waals surface area contributed by atoms with Crippen molar-refractivity contribution in [3.05, 3.63) is 38.9 Å². The van der Waals surface area contributed by atoms with Gasteiger partial charge in [-0.05, 0) is 6.07 Å². The molecule has 0 radical (unpaired) electrons. The van der Waals surface area contributed by atoms with Gasteiger partial charge in [0.2, 0.25) is 0 Å². The maximum atomic E-state index is 11.1. The molecule has 4 nitrogen and oxygen atoms in total. The molecule has 80 valence electrons. The van der Waals surface area contributed by atoms with Crippen LogP contribution in [0.3, 0.4) is 0 Å². The lowest BCUT2D eigenvalue weighted by Gasteiger charge is -2.02. The Morgan fingerprint density at radius 1 is 1.47 bits per heavy atom. The van der Waals surface area contributed by atoms with E-state index in [9.17, 15) is 14.9 Å². The summed E-state index contributed by atoms with van der Waals surface area (Å²) in [7, 11) is 0. The van der Waals surface area contributed by atoms with Gasteiger partial charge in [0.05, 0.1) is 21.4 Å². The lowest BCUT2D eigenvalue weighted by molar-refractivity contribution is -0.385. The molecule has 0 aliphatic rings. The van der Waals surface area contributed by atoms with Gasteiger partial charge in [0, 0.05) is 12.5 Å². The van der Waals surface area contributed by atoms with E-state index in [0.717, 1.165) is 0 Å². The number of benzene rings is 1. The van der Waals surface area contributed by atoms with E-state index in [0.29, 0.717) is 0 Å². The number of alkyl halides is 1. The number of carbonyl (C=O) groups is 1. The van der Waals surface area contributed by atoms with E-state index in [2.05, 4.69) is 0 Å². The highest BCUT2D eigenvalue weighted by atomic mass is 35.5. The molecule has 0 aromatic heterocycles. The van der Waals surface area contributed by atoms with Crippen molar-refractivity contribution in [2.75, 3.05) is 5.88 Å². The van der Waals surface area contributed by atoms with Crippen LogP contribution >= 0.6 is 23.2 Å². The highest BCUT2D eigenvalue weighted by Gasteiger charge is 2.18. The molecule has 0 atom stereocenters. The fraction of sp³-hybridized carbons (Fsp3) is 0.222. The van der Waals surface area contributed by atoms with Gasteiger partial charge < -0.3 is 0 Å². The number of hydrogen-bond acceptors (Lipinski definition) is 3. The summed E-state index contributed by atoms with van der Waals surface area (Å²) in [6.45, 7) is 0. The monoisotopic (exact) mass is 247 g/mol. The van der Waals surface area contributed by atoms with Crippen LogP contribution in [0, 0.1) is 10.1 Å². The first-order chi connectivity index (χ1) is 7.06. The van der Waals surface area contributed by atoms with Crippen molar-refractivity contribution < 1.29 is 9.72 Å². The van der Waals surface area contributed by atoms with E-state index >= 15 is 0 Å². The van der Waals surface area contributed by atoms with Crippen LogP contribution in [0.1, 0.15) is 5.56 Å². The second kappa shape index (κ2) is 5.09. The fourth-order valence-electron chi connectivity index (χ4n) is 1.14. The van der Waals surface area contributed by atoms with Gasteiger partial charge in [-0.15, -0.1) is 11.6 Å². The summed E-state index contributed by atoms with van der Waals surface area (Å²) in [4.78, 5) is 21.2. The smallest absolute Gasteiger partial charge is 0.274 e. The molecule has 0 heterocycles. The summed E-state index contributed by atoms with van der Waals surface area (Å²) in [5, 5.41) is 10.9. The number of nitrogens with zero attached hydrogens (tertiary/aromatic N) is 1. The third-order valence-corrected chi connectivity index (χ3v) is 2.47. The summed E-state index contributed by atoms with van der Waals surface area (Å²) in [5.41, 5.74) is 0.0655. The van der Waals surface area contributed by atoms with Gasteiger partial charge >= 0.3 is 0 Å². The molecule has 0 aliphatic carbocycles. The first kappa shape index (κ1) is 11.9. The standard InChI is InChI=1S/C9H7Cl2NO3/c10-5-6(13)4-7-8(11)2-1-3-9(7)12(14)15/h1-3H,4-5H2. The van der Waals surface area contributed by atoms with Gasteiger partial charge in [-0.3, -0.25) is 14.9 Å². The van der Waals surface area contributed by atoms with E-state index in [1.54, 1.807) is 0 Å². The molecular formula is C9H7Cl2NO3. The number of nitro groups is 1. The normalized spacial score (nSPS) is 10.0. The van der Waals surface area contributed by atoms with Crippen molar-refractivity contribution in [2.45, 2.75) is 6.42 Å². The van der Waals surface area contributed by atoms with Crippen LogP contribution in [-0.4, -0.2) is 16.6 Å². The lowest BCUT2D eigenvalue weighted by atomic mass is 10.1. The minimum Gasteiger partial charge on any atom is -0.298 e. The van der Waals surface area contributed by atoms with Crippen LogP contribution in [0.4, 0.5) is 5.69 Å². The first-order valence-corrected chi connectivity index (χ1v) is 4.97. The topological polar surface area (TPSA) is 60.2 Å². The lowest BCUT2D eigenvalue weighted by Crippen LogP contribution is -2.06. The summed E-state index contributed by atoms with van der Waals surface area (Å²) < 4.78 is 0. The Balaban J connectivity index is 3.13. The van der Waals surface area contributed by atoms with Crippen LogP contribution in [0.15, 0.2) is 18.2 Å². The molecule has 1 rings (SSSR count). The van der Waals surface area contributed by atoms with Gasteiger partial charge in [-0.2, -0.15) is 0 Å². The second-order valence-corrected chi connectivity index (χ2v) is 3.52. The number of ketones is 1. The van der Waals surface area contributed by atoms with Gasteiger partial charge in [-0.25, -0.2) is 0 Å². The average molecular weight is 248 g/mol. The predicted molar refractivity (Wildman–Crippen MR) is 57.5 cm³/mol. The Labute approximate surface area is 95.9 Å². The summed E-state index contributed by atoms with van der Waals surface area (Å²) >= 11 is 11.1. The summed E-state index contributed by atoms with van der Waals surface area (Å²) in [5.74, 6) is -0.476. The zero-order chi connectivity index (χ0) is 11.4. The number of hydrogen-bond donors (Lipinski definition) is 0. The van der Waals surface area contributed by atoms with E-state index in [4.69, 9.17) is 23.2 Å². The Morgan fingerprint density at radius 3 is 2.67 bits per heavy atom. The molecule has 0 spiro atoms. The van der Waals surface area contributed by atoms with Crippen molar-refractivity contribution in [1.82, 2.24) is 0 Å². The first-order valence-electron chi connectivity index (χ1n) is 4.05. The van der Waals surface area contributed by atoms with Crippen molar-refractivity contribution in [2.24, 2.45) is 0 Å². The van der Waals surface area contributed by atoms with Gasteiger partial charge in [0.15, 0.2) is 5.78 Å². The number of carbonyl (C=O) groups excluding carboxylic acids is 1. The van der Waals surface area contributed by atoms with Crippen LogP contribution < -0.4 is 0 Å². The molecule has 0 saturated heterocycles. The second-order valence-electron chi connectivity index (χ2n) is 2.84. The van der Waals surface area contributed by atoms with E-state index in [1.165, 1.54) is 18.2 Å². The zero-order valence-corrected chi connectivity index (χ0v) is 9.09. The number of nitro benzene ring substituents is 1. The average Bonchev–Trinajstić information content (AvgIpc) is 2.20. The highest BCUT2D eigenvalue weighted by Crippen LogP contribution is 2.26. The van der Waals surface area contributed by atoms with Gasteiger partial charge in [0.1, 0.15) is 0 Å². The summed E-state index contributed by atoms with van der Waals surface area (Å²) in [6.07, 6.45) is -0.112. The SMILES string of the molecule is O=C(CCl)Cc1c(Cl)cccc1[N+](=O)[O-]. The Morgan fingerprint density at radius 2 is 2.13 bits per heavy atom. The van der Waals surface area contributed by atoms with E-state index in [-0.39, 0.29) is 34.4 Å². The van der Waals surface area contributed by atoms with E-state index in [1.807, 2.05) is 0 Å². The van der Waals surface area contributed by atoms with Crippen LogP contribution in [0.25, 0.3) is 0 Å². The largest absolute Gasteiger partial charge is 0.298 e. The van der Waals surface area contributed by atoms with Crippen LogP contribution in [-0.2, 0) is 11.2 Å². The quantitative estimate of drug-likeness (QED) is 0.467. The maximum absolute atomic E-state index is 11.1. The number of Topliss-reactive ketones (excluding diaryl/α,β-unsaturated/α-hetero) is 1. The van der Waals surface area contributed by atoms with Gasteiger partial charge in [-0.1, -0.05) is 17.7 Å². The van der Waals surface area contributed by atoms with Gasteiger partial charge in [0.25, 0.3) is 5.69 Å². The van der Waals surface area contributed by atoms with Crippen molar-refractivity contribution in [3.8, 4) is 0 Å². The molecule has 0 bridgehead atoms.